The van der Waals surface area contributed by atoms with Crippen LogP contribution >= 0.6 is 34.5 Å². The molecule has 0 spiro atoms. The molecule has 2 aromatic rings. The standard InChI is InChI=1S/C19H21Cl2NOS/c1-22-12-7-8-16(22)14(13(10-12)18-6-3-9-24-18)11-23-17-5-2-4-15(20)19(17)21/h2-6,9,12-14,16H,7-8,10-11H2,1H3. The summed E-state index contributed by atoms with van der Waals surface area (Å²) in [6.07, 6.45) is 3.79. The molecule has 128 valence electrons. The van der Waals surface area contributed by atoms with Gasteiger partial charge in [-0.05, 0) is 49.9 Å². The van der Waals surface area contributed by atoms with Gasteiger partial charge in [0.2, 0.25) is 0 Å². The molecule has 2 bridgehead atoms. The molecule has 2 aliphatic heterocycles. The minimum absolute atomic E-state index is 0.488. The summed E-state index contributed by atoms with van der Waals surface area (Å²) in [4.78, 5) is 4.06. The minimum atomic E-state index is 0.488. The van der Waals surface area contributed by atoms with Crippen molar-refractivity contribution in [3.05, 3.63) is 50.6 Å². The van der Waals surface area contributed by atoms with Gasteiger partial charge in [0, 0.05) is 28.8 Å². The van der Waals surface area contributed by atoms with Crippen LogP contribution in [0.3, 0.4) is 0 Å². The largest absolute Gasteiger partial charge is 0.492 e. The molecule has 4 atom stereocenters. The van der Waals surface area contributed by atoms with Gasteiger partial charge in [-0.15, -0.1) is 11.3 Å². The molecule has 0 aliphatic carbocycles. The van der Waals surface area contributed by atoms with Crippen LogP contribution in [0.15, 0.2) is 35.7 Å². The Hall–Kier alpha value is -0.740. The van der Waals surface area contributed by atoms with Gasteiger partial charge in [0.05, 0.1) is 11.6 Å². The minimum Gasteiger partial charge on any atom is -0.492 e. The molecule has 2 aliphatic rings. The second-order valence-electron chi connectivity index (χ2n) is 6.85. The van der Waals surface area contributed by atoms with E-state index < -0.39 is 0 Å². The van der Waals surface area contributed by atoms with Gasteiger partial charge in [-0.25, -0.2) is 0 Å². The van der Waals surface area contributed by atoms with E-state index in [1.54, 1.807) is 6.07 Å². The van der Waals surface area contributed by atoms with Gasteiger partial charge in [0.15, 0.2) is 0 Å². The third kappa shape index (κ3) is 2.96. The number of hydrogen-bond acceptors (Lipinski definition) is 3. The lowest BCUT2D eigenvalue weighted by Crippen LogP contribution is -2.47. The van der Waals surface area contributed by atoms with E-state index in [4.69, 9.17) is 27.9 Å². The molecular weight excluding hydrogens is 361 g/mol. The van der Waals surface area contributed by atoms with Crippen LogP contribution < -0.4 is 4.74 Å². The Kier molecular flexibility index (Phi) is 4.79. The number of halogens is 2. The van der Waals surface area contributed by atoms with E-state index >= 15 is 0 Å². The van der Waals surface area contributed by atoms with E-state index in [0.29, 0.717) is 46.3 Å². The van der Waals surface area contributed by atoms with Crippen molar-refractivity contribution in [3.8, 4) is 5.75 Å². The maximum Gasteiger partial charge on any atom is 0.139 e. The monoisotopic (exact) mass is 381 g/mol. The molecule has 2 saturated heterocycles. The molecule has 3 heterocycles. The van der Waals surface area contributed by atoms with Crippen molar-refractivity contribution in [1.29, 1.82) is 0 Å². The summed E-state index contributed by atoms with van der Waals surface area (Å²) in [6, 6.07) is 11.3. The molecule has 4 unspecified atom stereocenters. The summed E-state index contributed by atoms with van der Waals surface area (Å²) in [6.45, 7) is 0.685. The van der Waals surface area contributed by atoms with Gasteiger partial charge in [0.25, 0.3) is 0 Å². The summed E-state index contributed by atoms with van der Waals surface area (Å²) in [5.74, 6) is 1.76. The Morgan fingerprint density at radius 1 is 1.21 bits per heavy atom. The summed E-state index contributed by atoms with van der Waals surface area (Å²) in [7, 11) is 2.27. The maximum atomic E-state index is 6.29. The first kappa shape index (κ1) is 16.7. The lowest BCUT2D eigenvalue weighted by Gasteiger charge is -2.42. The maximum absolute atomic E-state index is 6.29. The first-order valence-electron chi connectivity index (χ1n) is 8.47. The second kappa shape index (κ2) is 6.87. The highest BCUT2D eigenvalue weighted by molar-refractivity contribution is 7.10. The molecule has 0 N–H and O–H groups in total. The van der Waals surface area contributed by atoms with Crippen LogP contribution in [0.5, 0.6) is 5.75 Å². The molecule has 0 radical (unpaired) electrons. The van der Waals surface area contributed by atoms with Crippen LogP contribution in [0.25, 0.3) is 0 Å². The second-order valence-corrected chi connectivity index (χ2v) is 8.61. The average Bonchev–Trinajstić information content (AvgIpc) is 3.17. The van der Waals surface area contributed by atoms with Crippen LogP contribution in [0.1, 0.15) is 30.1 Å². The number of fused-ring (bicyclic) bond motifs is 2. The van der Waals surface area contributed by atoms with Crippen LogP contribution in [0, 0.1) is 5.92 Å². The lowest BCUT2D eigenvalue weighted by atomic mass is 9.80. The van der Waals surface area contributed by atoms with Gasteiger partial charge < -0.3 is 9.64 Å². The van der Waals surface area contributed by atoms with E-state index in [1.807, 2.05) is 23.5 Å². The quantitative estimate of drug-likeness (QED) is 0.673. The van der Waals surface area contributed by atoms with Crippen molar-refractivity contribution in [2.45, 2.75) is 37.3 Å². The van der Waals surface area contributed by atoms with E-state index in [2.05, 4.69) is 29.5 Å². The number of ether oxygens (including phenoxy) is 1. The number of hydrogen-bond donors (Lipinski definition) is 0. The first-order valence-corrected chi connectivity index (χ1v) is 10.1. The van der Waals surface area contributed by atoms with Crippen LogP contribution in [0.4, 0.5) is 0 Å². The Bertz CT molecular complexity index is 705. The fraction of sp³-hybridized carbons (Fsp3) is 0.474. The van der Waals surface area contributed by atoms with Crippen LogP contribution in [-0.4, -0.2) is 30.6 Å². The van der Waals surface area contributed by atoms with Crippen molar-refractivity contribution >= 4 is 34.5 Å². The fourth-order valence-electron chi connectivity index (χ4n) is 4.42. The summed E-state index contributed by atoms with van der Waals surface area (Å²) >= 11 is 14.3. The van der Waals surface area contributed by atoms with Gasteiger partial charge in [-0.2, -0.15) is 0 Å². The summed E-state index contributed by atoms with van der Waals surface area (Å²) < 4.78 is 6.15. The third-order valence-electron chi connectivity index (χ3n) is 5.69. The third-order valence-corrected chi connectivity index (χ3v) is 7.49. The lowest BCUT2D eigenvalue weighted by molar-refractivity contribution is 0.0677. The van der Waals surface area contributed by atoms with Gasteiger partial charge in [-0.3, -0.25) is 0 Å². The normalized spacial score (nSPS) is 29.8. The predicted octanol–water partition coefficient (Wildman–Crippen LogP) is 5.70. The molecule has 0 amide bonds. The zero-order valence-corrected chi connectivity index (χ0v) is 15.9. The Balaban J connectivity index is 1.57. The SMILES string of the molecule is CN1C2CCC1C(COc1cccc(Cl)c1Cl)C(c1cccs1)C2. The zero-order valence-electron chi connectivity index (χ0n) is 13.6. The van der Waals surface area contributed by atoms with Crippen molar-refractivity contribution in [2.24, 2.45) is 5.92 Å². The fourth-order valence-corrected chi connectivity index (χ4v) is 5.68. The molecule has 24 heavy (non-hydrogen) atoms. The van der Waals surface area contributed by atoms with Crippen molar-refractivity contribution in [3.63, 3.8) is 0 Å². The molecule has 2 nitrogen and oxygen atoms in total. The van der Waals surface area contributed by atoms with Gasteiger partial charge >= 0.3 is 0 Å². The highest BCUT2D eigenvalue weighted by atomic mass is 35.5. The highest BCUT2D eigenvalue weighted by Crippen LogP contribution is 2.47. The Morgan fingerprint density at radius 3 is 2.88 bits per heavy atom. The van der Waals surface area contributed by atoms with Gasteiger partial charge in [-0.1, -0.05) is 35.3 Å². The van der Waals surface area contributed by atoms with E-state index in [-0.39, 0.29) is 0 Å². The Morgan fingerprint density at radius 2 is 2.08 bits per heavy atom. The topological polar surface area (TPSA) is 12.5 Å². The van der Waals surface area contributed by atoms with Crippen molar-refractivity contribution in [1.82, 2.24) is 4.90 Å². The number of piperidine rings is 1. The number of nitrogens with zero attached hydrogens (tertiary/aromatic N) is 1. The number of rotatable bonds is 4. The van der Waals surface area contributed by atoms with E-state index in [1.165, 1.54) is 24.1 Å². The number of thiophene rings is 1. The molecule has 1 aromatic carbocycles. The van der Waals surface area contributed by atoms with Crippen LogP contribution in [0.2, 0.25) is 10.0 Å². The smallest absolute Gasteiger partial charge is 0.139 e. The van der Waals surface area contributed by atoms with Crippen LogP contribution in [-0.2, 0) is 0 Å². The predicted molar refractivity (Wildman–Crippen MR) is 102 cm³/mol. The van der Waals surface area contributed by atoms with Crippen molar-refractivity contribution < 1.29 is 4.74 Å². The molecular formula is C19H21Cl2NOS. The molecule has 2 fully saturated rings. The van der Waals surface area contributed by atoms with E-state index in [0.717, 1.165) is 0 Å². The Labute approximate surface area is 157 Å². The summed E-state index contributed by atoms with van der Waals surface area (Å²) in [5, 5.41) is 3.24. The molecule has 1 aromatic heterocycles. The molecule has 4 rings (SSSR count). The number of benzene rings is 1. The zero-order chi connectivity index (χ0) is 16.7. The average molecular weight is 382 g/mol. The molecule has 0 saturated carbocycles. The first-order chi connectivity index (χ1) is 11.6. The van der Waals surface area contributed by atoms with Gasteiger partial charge in [0.1, 0.15) is 10.8 Å². The molecule has 5 heteroatoms. The van der Waals surface area contributed by atoms with E-state index in [9.17, 15) is 0 Å². The summed E-state index contributed by atoms with van der Waals surface area (Å²) in [5.41, 5.74) is 0. The highest BCUT2D eigenvalue weighted by Gasteiger charge is 2.46. The van der Waals surface area contributed by atoms with Crippen molar-refractivity contribution in [2.75, 3.05) is 13.7 Å².